The number of Topliss-reactive ketones (excluding diaryl/α,β-unsaturated/α-hetero) is 1. The second-order valence-electron chi connectivity index (χ2n) is 5.05. The molecule has 1 aromatic carbocycles. The van der Waals surface area contributed by atoms with E-state index in [-0.39, 0.29) is 34.1 Å². The number of esters is 2. The van der Waals surface area contributed by atoms with Gasteiger partial charge in [-0.1, -0.05) is 12.1 Å². The minimum Gasteiger partial charge on any atom is -0.505 e. The number of methoxy groups -OCH3 is 2. The quantitative estimate of drug-likeness (QED) is 0.661. The highest BCUT2D eigenvalue weighted by molar-refractivity contribution is 6.06. The van der Waals surface area contributed by atoms with Crippen molar-refractivity contribution < 1.29 is 29.0 Å². The van der Waals surface area contributed by atoms with Gasteiger partial charge in [0.1, 0.15) is 11.4 Å². The highest BCUT2D eigenvalue weighted by atomic mass is 16.5. The van der Waals surface area contributed by atoms with Crippen LogP contribution in [0.3, 0.4) is 0 Å². The van der Waals surface area contributed by atoms with Gasteiger partial charge < -0.3 is 19.5 Å². The maximum Gasteiger partial charge on any atom is 0.355 e. The zero-order valence-corrected chi connectivity index (χ0v) is 14.0. The summed E-state index contributed by atoms with van der Waals surface area (Å²) in [5.41, 5.74) is 0.0451. The van der Waals surface area contributed by atoms with Crippen molar-refractivity contribution >= 4 is 23.4 Å². The van der Waals surface area contributed by atoms with Crippen molar-refractivity contribution in [2.24, 2.45) is 0 Å². The summed E-state index contributed by atoms with van der Waals surface area (Å²) in [6.45, 7) is 1.32. The molecule has 1 heterocycles. The topological polar surface area (TPSA) is 93.1 Å². The Labute approximate surface area is 144 Å². The van der Waals surface area contributed by atoms with E-state index in [4.69, 9.17) is 9.47 Å². The molecule has 0 unspecified atom stereocenters. The molecular weight excluding hydrogens is 326 g/mol. The van der Waals surface area contributed by atoms with E-state index in [1.165, 1.54) is 50.5 Å². The molecule has 1 aliphatic heterocycles. The zero-order chi connectivity index (χ0) is 18.6. The molecule has 0 atom stereocenters. The fraction of sp³-hybridized carbons (Fsp3) is 0.167. The number of phenolic OH excluding ortho intramolecular Hbond substituents is 1. The maximum atomic E-state index is 12.3. The molecular formula is C18H17NO6. The van der Waals surface area contributed by atoms with Crippen molar-refractivity contribution in [2.75, 3.05) is 19.1 Å². The first kappa shape index (κ1) is 18.0. The first-order valence-electron chi connectivity index (χ1n) is 7.30. The van der Waals surface area contributed by atoms with E-state index < -0.39 is 11.9 Å². The molecule has 25 heavy (non-hydrogen) atoms. The van der Waals surface area contributed by atoms with Crippen molar-refractivity contribution in [3.8, 4) is 5.75 Å². The van der Waals surface area contributed by atoms with Crippen LogP contribution in [0, 0.1) is 0 Å². The van der Waals surface area contributed by atoms with Gasteiger partial charge in [-0.25, -0.2) is 9.59 Å². The number of aromatic hydroxyl groups is 1. The number of phenols is 1. The summed E-state index contributed by atoms with van der Waals surface area (Å²) in [6, 6.07) is 4.53. The second-order valence-corrected chi connectivity index (χ2v) is 5.05. The van der Waals surface area contributed by atoms with E-state index >= 15 is 0 Å². The molecule has 0 radical (unpaired) electrons. The van der Waals surface area contributed by atoms with Crippen LogP contribution in [0.15, 0.2) is 53.9 Å². The molecule has 7 heteroatoms. The largest absolute Gasteiger partial charge is 0.505 e. The molecule has 1 aliphatic rings. The molecule has 1 N–H and O–H groups in total. The molecule has 130 valence electrons. The average Bonchev–Trinajstić information content (AvgIpc) is 2.83. The lowest BCUT2D eigenvalue weighted by atomic mass is 10.1. The monoisotopic (exact) mass is 343 g/mol. The Morgan fingerprint density at radius 2 is 1.72 bits per heavy atom. The average molecular weight is 343 g/mol. The van der Waals surface area contributed by atoms with Gasteiger partial charge in [0.25, 0.3) is 0 Å². The van der Waals surface area contributed by atoms with Gasteiger partial charge in [-0.15, -0.1) is 0 Å². The number of carbonyl (C=O) groups is 3. The fourth-order valence-corrected chi connectivity index (χ4v) is 2.36. The van der Waals surface area contributed by atoms with E-state index in [1.54, 1.807) is 18.2 Å². The standard InChI is InChI=1S/C18H17NO6/c1-11(20)12-8-6-9-14(16(12)21)19-10-5-4-7-13(17(22)24-2)15(19)18(23)25-3/h4-10,21H,1-3H3. The van der Waals surface area contributed by atoms with Gasteiger partial charge in [0.2, 0.25) is 0 Å². The molecule has 0 spiro atoms. The summed E-state index contributed by atoms with van der Waals surface area (Å²) in [6.07, 6.45) is 5.98. The van der Waals surface area contributed by atoms with Crippen LogP contribution in [0.5, 0.6) is 5.75 Å². The summed E-state index contributed by atoms with van der Waals surface area (Å²) in [5.74, 6) is -2.20. The van der Waals surface area contributed by atoms with Crippen LogP contribution in [0.1, 0.15) is 17.3 Å². The second kappa shape index (κ2) is 7.48. The van der Waals surface area contributed by atoms with Crippen LogP contribution in [0.25, 0.3) is 0 Å². The summed E-state index contributed by atoms with van der Waals surface area (Å²) in [5, 5.41) is 10.4. The number of rotatable bonds is 4. The zero-order valence-electron chi connectivity index (χ0n) is 14.0. The molecule has 0 bridgehead atoms. The fourth-order valence-electron chi connectivity index (χ4n) is 2.36. The van der Waals surface area contributed by atoms with E-state index in [1.807, 2.05) is 0 Å². The lowest BCUT2D eigenvalue weighted by molar-refractivity contribution is -0.139. The van der Waals surface area contributed by atoms with Crippen LogP contribution >= 0.6 is 0 Å². The number of para-hydroxylation sites is 1. The van der Waals surface area contributed by atoms with E-state index in [9.17, 15) is 19.5 Å². The summed E-state index contributed by atoms with van der Waals surface area (Å²) in [4.78, 5) is 37.3. The number of benzene rings is 1. The molecule has 0 saturated carbocycles. The van der Waals surface area contributed by atoms with Gasteiger partial charge in [0, 0.05) is 6.20 Å². The van der Waals surface area contributed by atoms with Gasteiger partial charge in [-0.3, -0.25) is 4.79 Å². The van der Waals surface area contributed by atoms with Crippen molar-refractivity contribution in [1.82, 2.24) is 0 Å². The van der Waals surface area contributed by atoms with E-state index in [0.29, 0.717) is 0 Å². The molecule has 0 aliphatic carbocycles. The number of allylic oxidation sites excluding steroid dienone is 2. The van der Waals surface area contributed by atoms with E-state index in [0.717, 1.165) is 0 Å². The summed E-state index contributed by atoms with van der Waals surface area (Å²) < 4.78 is 9.50. The van der Waals surface area contributed by atoms with Crippen molar-refractivity contribution in [1.29, 1.82) is 0 Å². The first-order valence-corrected chi connectivity index (χ1v) is 7.30. The Hall–Kier alpha value is -3.35. The van der Waals surface area contributed by atoms with Crippen molar-refractivity contribution in [3.63, 3.8) is 0 Å². The lowest BCUT2D eigenvalue weighted by Gasteiger charge is -2.24. The first-order chi connectivity index (χ1) is 11.9. The third kappa shape index (κ3) is 3.45. The Bertz CT molecular complexity index is 819. The number of carbonyl (C=O) groups excluding carboxylic acids is 3. The summed E-state index contributed by atoms with van der Waals surface area (Å²) >= 11 is 0. The molecule has 1 aromatic rings. The van der Waals surface area contributed by atoms with Crippen LogP contribution in [-0.4, -0.2) is 37.0 Å². The third-order valence-corrected chi connectivity index (χ3v) is 3.54. The van der Waals surface area contributed by atoms with Gasteiger partial charge in [-0.05, 0) is 31.2 Å². The molecule has 7 nitrogen and oxygen atoms in total. The van der Waals surface area contributed by atoms with E-state index in [2.05, 4.69) is 0 Å². The van der Waals surface area contributed by atoms with Crippen molar-refractivity contribution in [2.45, 2.75) is 6.92 Å². The lowest BCUT2D eigenvalue weighted by Crippen LogP contribution is -2.27. The maximum absolute atomic E-state index is 12.3. The third-order valence-electron chi connectivity index (χ3n) is 3.54. The number of hydrogen-bond acceptors (Lipinski definition) is 7. The van der Waals surface area contributed by atoms with Crippen LogP contribution in [0.4, 0.5) is 5.69 Å². The van der Waals surface area contributed by atoms with Gasteiger partial charge in [-0.2, -0.15) is 0 Å². The van der Waals surface area contributed by atoms with Gasteiger partial charge in [0.15, 0.2) is 5.78 Å². The van der Waals surface area contributed by atoms with Crippen LogP contribution in [0.2, 0.25) is 0 Å². The number of anilines is 1. The minimum atomic E-state index is -0.802. The predicted molar refractivity (Wildman–Crippen MR) is 89.9 cm³/mol. The predicted octanol–water partition coefficient (Wildman–Crippen LogP) is 2.08. The van der Waals surface area contributed by atoms with Gasteiger partial charge >= 0.3 is 11.9 Å². The number of ether oxygens (including phenoxy) is 2. The Kier molecular flexibility index (Phi) is 5.38. The summed E-state index contributed by atoms with van der Waals surface area (Å²) in [7, 11) is 2.36. The number of nitrogens with zero attached hydrogens (tertiary/aromatic N) is 1. The smallest absolute Gasteiger partial charge is 0.355 e. The van der Waals surface area contributed by atoms with Crippen molar-refractivity contribution in [3.05, 3.63) is 59.5 Å². The highest BCUT2D eigenvalue weighted by Gasteiger charge is 2.29. The Morgan fingerprint density at radius 1 is 1.04 bits per heavy atom. The Balaban J connectivity index is 2.74. The number of hydrogen-bond donors (Lipinski definition) is 1. The SMILES string of the molecule is COC(=O)C1=C(C(=O)OC)N(c2cccc(C(C)=O)c2O)C=CC=C1. The number of ketones is 1. The molecule has 0 amide bonds. The Morgan fingerprint density at radius 3 is 2.32 bits per heavy atom. The van der Waals surface area contributed by atoms with Crippen LogP contribution < -0.4 is 4.90 Å². The normalized spacial score (nSPS) is 13.5. The highest BCUT2D eigenvalue weighted by Crippen LogP contribution is 2.35. The molecule has 0 aromatic heterocycles. The van der Waals surface area contributed by atoms with Gasteiger partial charge in [0.05, 0.1) is 31.0 Å². The molecule has 0 saturated heterocycles. The van der Waals surface area contributed by atoms with Crippen LogP contribution in [-0.2, 0) is 19.1 Å². The molecule has 2 rings (SSSR count). The molecule has 0 fully saturated rings. The minimum absolute atomic E-state index is 0.0491.